The maximum atomic E-state index is 11.3. The third kappa shape index (κ3) is 3.10. The molecule has 1 heterocycles. The van der Waals surface area contributed by atoms with E-state index in [0.717, 1.165) is 36.1 Å². The SMILES string of the molecule is CCN1C=Cc2ccc(OCCCCl)cc2C1C=O. The zero-order valence-corrected chi connectivity index (χ0v) is 11.8. The summed E-state index contributed by atoms with van der Waals surface area (Å²) in [6.07, 6.45) is 5.79. The third-order valence-corrected chi connectivity index (χ3v) is 3.49. The molecule has 1 atom stereocenters. The summed E-state index contributed by atoms with van der Waals surface area (Å²) >= 11 is 5.62. The molecule has 1 aromatic carbocycles. The van der Waals surface area contributed by atoms with E-state index in [4.69, 9.17) is 16.3 Å². The number of hydrogen-bond donors (Lipinski definition) is 0. The van der Waals surface area contributed by atoms with Gasteiger partial charge in [0.05, 0.1) is 6.61 Å². The zero-order valence-electron chi connectivity index (χ0n) is 11.0. The van der Waals surface area contributed by atoms with Crippen molar-refractivity contribution >= 4 is 24.0 Å². The largest absolute Gasteiger partial charge is 0.494 e. The topological polar surface area (TPSA) is 29.5 Å². The lowest BCUT2D eigenvalue weighted by Crippen LogP contribution is -2.27. The fourth-order valence-corrected chi connectivity index (χ4v) is 2.31. The minimum atomic E-state index is -0.221. The van der Waals surface area contributed by atoms with Crippen molar-refractivity contribution < 1.29 is 9.53 Å². The Morgan fingerprint density at radius 1 is 1.47 bits per heavy atom. The van der Waals surface area contributed by atoms with Gasteiger partial charge in [0, 0.05) is 18.6 Å². The van der Waals surface area contributed by atoms with E-state index in [0.29, 0.717) is 12.5 Å². The van der Waals surface area contributed by atoms with E-state index in [1.165, 1.54) is 0 Å². The van der Waals surface area contributed by atoms with Crippen LogP contribution in [0, 0.1) is 0 Å². The number of likely N-dealkylation sites (N-methyl/N-ethyl adjacent to an activating group) is 1. The van der Waals surface area contributed by atoms with E-state index < -0.39 is 0 Å². The highest BCUT2D eigenvalue weighted by Crippen LogP contribution is 2.31. The first-order chi connectivity index (χ1) is 9.30. The average Bonchev–Trinajstić information content (AvgIpc) is 2.46. The normalized spacial score (nSPS) is 17.2. The van der Waals surface area contributed by atoms with E-state index in [2.05, 4.69) is 0 Å². The second kappa shape index (κ2) is 6.62. The van der Waals surface area contributed by atoms with Gasteiger partial charge in [-0.25, -0.2) is 0 Å². The summed E-state index contributed by atoms with van der Waals surface area (Å²) in [5, 5.41) is 0. The van der Waals surface area contributed by atoms with Crippen LogP contribution in [-0.4, -0.2) is 30.2 Å². The molecule has 102 valence electrons. The average molecular weight is 280 g/mol. The highest BCUT2D eigenvalue weighted by Gasteiger charge is 2.22. The van der Waals surface area contributed by atoms with Crippen LogP contribution in [-0.2, 0) is 4.79 Å². The molecule has 4 heteroatoms. The summed E-state index contributed by atoms with van der Waals surface area (Å²) in [4.78, 5) is 13.3. The van der Waals surface area contributed by atoms with Gasteiger partial charge >= 0.3 is 0 Å². The lowest BCUT2D eigenvalue weighted by Gasteiger charge is -2.30. The van der Waals surface area contributed by atoms with Crippen LogP contribution in [0.3, 0.4) is 0 Å². The smallest absolute Gasteiger partial charge is 0.146 e. The number of carbonyl (C=O) groups excluding carboxylic acids is 1. The van der Waals surface area contributed by atoms with Crippen LogP contribution in [0.5, 0.6) is 5.75 Å². The Balaban J connectivity index is 2.22. The molecule has 0 saturated carbocycles. The number of rotatable bonds is 6. The molecule has 0 radical (unpaired) electrons. The summed E-state index contributed by atoms with van der Waals surface area (Å²) in [7, 11) is 0. The van der Waals surface area contributed by atoms with Gasteiger partial charge in [0.2, 0.25) is 0 Å². The van der Waals surface area contributed by atoms with Crippen molar-refractivity contribution in [1.29, 1.82) is 0 Å². The molecule has 1 aliphatic heterocycles. The van der Waals surface area contributed by atoms with Crippen LogP contribution in [0.2, 0.25) is 0 Å². The molecule has 3 nitrogen and oxygen atoms in total. The molecule has 19 heavy (non-hydrogen) atoms. The van der Waals surface area contributed by atoms with E-state index in [-0.39, 0.29) is 6.04 Å². The Kier molecular flexibility index (Phi) is 4.86. The highest BCUT2D eigenvalue weighted by atomic mass is 35.5. The second-order valence-corrected chi connectivity index (χ2v) is 4.79. The molecule has 1 aliphatic rings. The number of fused-ring (bicyclic) bond motifs is 1. The molecule has 2 rings (SSSR count). The molecule has 0 bridgehead atoms. The maximum Gasteiger partial charge on any atom is 0.146 e. The van der Waals surface area contributed by atoms with Crippen LogP contribution in [0.4, 0.5) is 0 Å². The van der Waals surface area contributed by atoms with E-state index in [1.807, 2.05) is 42.3 Å². The monoisotopic (exact) mass is 279 g/mol. The molecular weight excluding hydrogens is 262 g/mol. The van der Waals surface area contributed by atoms with Crippen LogP contribution in [0.15, 0.2) is 24.4 Å². The Bertz CT molecular complexity index is 473. The first kappa shape index (κ1) is 13.9. The van der Waals surface area contributed by atoms with Crippen molar-refractivity contribution in [1.82, 2.24) is 4.90 Å². The summed E-state index contributed by atoms with van der Waals surface area (Å²) in [6.45, 7) is 3.44. The Morgan fingerprint density at radius 3 is 3.00 bits per heavy atom. The summed E-state index contributed by atoms with van der Waals surface area (Å²) < 4.78 is 5.63. The van der Waals surface area contributed by atoms with Gasteiger partial charge in [-0.2, -0.15) is 0 Å². The van der Waals surface area contributed by atoms with Crippen LogP contribution in [0.25, 0.3) is 6.08 Å². The van der Waals surface area contributed by atoms with Gasteiger partial charge in [-0.15, -0.1) is 11.6 Å². The Hall–Kier alpha value is -1.48. The van der Waals surface area contributed by atoms with Gasteiger partial charge in [0.15, 0.2) is 0 Å². The van der Waals surface area contributed by atoms with Gasteiger partial charge in [-0.3, -0.25) is 0 Å². The van der Waals surface area contributed by atoms with Crippen LogP contribution >= 0.6 is 11.6 Å². The number of halogens is 1. The number of alkyl halides is 1. The summed E-state index contributed by atoms with van der Waals surface area (Å²) in [6, 6.07) is 5.66. The van der Waals surface area contributed by atoms with Crippen molar-refractivity contribution in [3.8, 4) is 5.75 Å². The van der Waals surface area contributed by atoms with Crippen LogP contribution in [0.1, 0.15) is 30.5 Å². The van der Waals surface area contributed by atoms with Crippen molar-refractivity contribution in [2.45, 2.75) is 19.4 Å². The minimum absolute atomic E-state index is 0.221. The number of hydrogen-bond acceptors (Lipinski definition) is 3. The lowest BCUT2D eigenvalue weighted by molar-refractivity contribution is -0.111. The molecular formula is C15H18ClNO2. The standard InChI is InChI=1S/C15H18ClNO2/c1-2-17-8-6-12-4-5-13(19-9-3-7-16)10-14(12)15(17)11-18/h4-6,8,10-11,15H,2-3,7,9H2,1H3. The number of benzene rings is 1. The first-order valence-corrected chi connectivity index (χ1v) is 7.05. The molecule has 0 spiro atoms. The van der Waals surface area contributed by atoms with E-state index >= 15 is 0 Å². The number of aldehydes is 1. The van der Waals surface area contributed by atoms with Crippen molar-refractivity contribution in [2.24, 2.45) is 0 Å². The predicted octanol–water partition coefficient (Wildman–Crippen LogP) is 3.24. The molecule has 0 amide bonds. The van der Waals surface area contributed by atoms with E-state index in [9.17, 15) is 4.79 Å². The zero-order chi connectivity index (χ0) is 13.7. The summed E-state index contributed by atoms with van der Waals surface area (Å²) in [5.41, 5.74) is 2.08. The molecule has 0 N–H and O–H groups in total. The number of nitrogens with zero attached hydrogens (tertiary/aromatic N) is 1. The minimum Gasteiger partial charge on any atom is -0.494 e. The predicted molar refractivity (Wildman–Crippen MR) is 77.5 cm³/mol. The second-order valence-electron chi connectivity index (χ2n) is 4.41. The quantitative estimate of drug-likeness (QED) is 0.455. The van der Waals surface area contributed by atoms with Crippen LogP contribution < -0.4 is 4.74 Å². The van der Waals surface area contributed by atoms with E-state index in [1.54, 1.807) is 0 Å². The number of carbonyl (C=O) groups is 1. The number of ether oxygens (including phenoxy) is 1. The fourth-order valence-electron chi connectivity index (χ4n) is 2.20. The molecule has 0 aromatic heterocycles. The van der Waals surface area contributed by atoms with Gasteiger partial charge in [0.25, 0.3) is 0 Å². The lowest BCUT2D eigenvalue weighted by atomic mass is 9.96. The molecule has 0 saturated heterocycles. The Morgan fingerprint density at radius 2 is 2.32 bits per heavy atom. The van der Waals surface area contributed by atoms with Crippen molar-refractivity contribution in [3.63, 3.8) is 0 Å². The van der Waals surface area contributed by atoms with Gasteiger partial charge in [-0.05, 0) is 42.7 Å². The highest BCUT2D eigenvalue weighted by molar-refractivity contribution is 6.17. The molecule has 1 unspecified atom stereocenters. The molecule has 0 aliphatic carbocycles. The molecule has 0 fully saturated rings. The Labute approximate surface area is 118 Å². The maximum absolute atomic E-state index is 11.3. The first-order valence-electron chi connectivity index (χ1n) is 6.52. The van der Waals surface area contributed by atoms with Crippen molar-refractivity contribution in [3.05, 3.63) is 35.5 Å². The third-order valence-electron chi connectivity index (χ3n) is 3.22. The summed E-state index contributed by atoms with van der Waals surface area (Å²) in [5.74, 6) is 1.39. The fraction of sp³-hybridized carbons (Fsp3) is 0.400. The van der Waals surface area contributed by atoms with Crippen molar-refractivity contribution in [2.75, 3.05) is 19.0 Å². The van der Waals surface area contributed by atoms with Gasteiger partial charge < -0.3 is 14.4 Å². The van der Waals surface area contributed by atoms with Gasteiger partial charge in [-0.1, -0.05) is 6.07 Å². The van der Waals surface area contributed by atoms with Gasteiger partial charge in [0.1, 0.15) is 18.1 Å². The molecule has 1 aromatic rings.